The van der Waals surface area contributed by atoms with Crippen molar-refractivity contribution in [1.82, 2.24) is 4.90 Å². The van der Waals surface area contributed by atoms with E-state index < -0.39 is 59.5 Å². The molecule has 0 aliphatic carbocycles. The van der Waals surface area contributed by atoms with Crippen LogP contribution in [0, 0.1) is 12.8 Å². The van der Waals surface area contributed by atoms with Gasteiger partial charge in [-0.1, -0.05) is 48.4 Å². The molecule has 3 N–H and O–H groups in total. The molecule has 1 aromatic carbocycles. The van der Waals surface area contributed by atoms with Gasteiger partial charge < -0.3 is 39.6 Å². The number of hydrogen-bond acceptors (Lipinski definition) is 10. The molecule has 0 aromatic heterocycles. The van der Waals surface area contributed by atoms with Crippen LogP contribution in [0.3, 0.4) is 0 Å². The van der Waals surface area contributed by atoms with Crippen LogP contribution in [-0.2, 0) is 44.5 Å². The van der Waals surface area contributed by atoms with Crippen LogP contribution in [0.1, 0.15) is 64.5 Å². The molecule has 0 unspecified atom stereocenters. The minimum Gasteiger partial charge on any atom is -0.462 e. The zero-order valence-corrected chi connectivity index (χ0v) is 30.4. The molecule has 8 atom stereocenters. The lowest BCUT2D eigenvalue weighted by molar-refractivity contribution is -0.187. The molecule has 13 heteroatoms. The predicted octanol–water partition coefficient (Wildman–Crippen LogP) is 3.41. The second kappa shape index (κ2) is 15.3. The number of rotatable bonds is 6. The van der Waals surface area contributed by atoms with Crippen LogP contribution in [0.2, 0.25) is 5.02 Å². The van der Waals surface area contributed by atoms with Crippen molar-refractivity contribution >= 4 is 41.0 Å². The van der Waals surface area contributed by atoms with Gasteiger partial charge >= 0.3 is 11.9 Å². The number of aryl methyl sites for hydroxylation is 1. The lowest BCUT2D eigenvalue weighted by Gasteiger charge is -2.41. The first-order valence-corrected chi connectivity index (χ1v) is 17.0. The fraction of sp³-hybridized carbons (Fsp3) is 0.611. The van der Waals surface area contributed by atoms with Gasteiger partial charge in [-0.3, -0.25) is 14.4 Å². The first-order chi connectivity index (χ1) is 22.9. The maximum absolute atomic E-state index is 14.0. The van der Waals surface area contributed by atoms with Crippen molar-refractivity contribution in [3.8, 4) is 0 Å². The summed E-state index contributed by atoms with van der Waals surface area (Å²) in [6.07, 6.45) is 2.32. The molecule has 4 bridgehead atoms. The average molecular weight is 704 g/mol. The summed E-state index contributed by atoms with van der Waals surface area (Å²) >= 11 is 6.74. The Kier molecular flexibility index (Phi) is 12.0. The van der Waals surface area contributed by atoms with Gasteiger partial charge in [-0.05, 0) is 51.3 Å². The van der Waals surface area contributed by atoms with E-state index in [1.54, 1.807) is 26.1 Å². The Balaban J connectivity index is 1.76. The molecule has 2 fully saturated rings. The Labute approximate surface area is 293 Å². The fourth-order valence-electron chi connectivity index (χ4n) is 6.81. The number of nitrogens with zero attached hydrogens (tertiary/aromatic N) is 2. The first kappa shape index (κ1) is 38.5. The number of esters is 2. The third kappa shape index (κ3) is 8.37. The standard InChI is InChI=1S/C36H50ClN3O9/c1-20-10-9-11-27(46-8)36(45)18-26(47-31(43)19-36)22(3)33-35(5,49-33)28(48-34(44)23(4)39(6)29(41)12-13-38)17-30(42)40(7)25-16-24(14-20)15-21(2)32(25)37/h9-11,15-16,22-23,26-28,33,45H,12-14,17-19,38H2,1-8H3/b11-9+,20-10+/t22-,23+,26+,27-,28+,33+,35+,36-/m1/s1. The van der Waals surface area contributed by atoms with E-state index in [-0.39, 0.29) is 44.0 Å². The number of ether oxygens (including phenoxy) is 4. The molecule has 3 heterocycles. The van der Waals surface area contributed by atoms with Gasteiger partial charge in [0.15, 0.2) is 0 Å². The normalized spacial score (nSPS) is 33.0. The summed E-state index contributed by atoms with van der Waals surface area (Å²) in [6, 6.07) is 2.85. The minimum atomic E-state index is -1.56. The number of hydrogen-bond donors (Lipinski definition) is 2. The number of epoxide rings is 1. The average Bonchev–Trinajstić information content (AvgIpc) is 3.74. The van der Waals surface area contributed by atoms with Crippen LogP contribution in [0.25, 0.3) is 0 Å². The first-order valence-electron chi connectivity index (χ1n) is 16.6. The van der Waals surface area contributed by atoms with Crippen LogP contribution in [-0.4, -0.2) is 103 Å². The number of amides is 2. The van der Waals surface area contributed by atoms with Crippen molar-refractivity contribution in [1.29, 1.82) is 0 Å². The molecular weight excluding hydrogens is 654 g/mol. The molecule has 0 radical (unpaired) electrons. The van der Waals surface area contributed by atoms with E-state index in [1.807, 2.05) is 39.0 Å². The van der Waals surface area contributed by atoms with Crippen molar-refractivity contribution in [2.45, 2.75) is 108 Å². The number of anilines is 1. The highest BCUT2D eigenvalue weighted by Gasteiger charge is 2.64. The zero-order valence-electron chi connectivity index (χ0n) is 29.7. The summed E-state index contributed by atoms with van der Waals surface area (Å²) in [7, 11) is 4.58. The second-order valence-electron chi connectivity index (χ2n) is 13.9. The van der Waals surface area contributed by atoms with E-state index in [0.29, 0.717) is 17.1 Å². The summed E-state index contributed by atoms with van der Waals surface area (Å²) in [5.41, 5.74) is 6.03. The molecule has 2 saturated heterocycles. The number of carbonyl (C=O) groups excluding carboxylic acids is 4. The van der Waals surface area contributed by atoms with Gasteiger partial charge in [0.25, 0.3) is 0 Å². The molecule has 270 valence electrons. The highest BCUT2D eigenvalue weighted by atomic mass is 35.5. The number of allylic oxidation sites excluding steroid dienone is 3. The summed E-state index contributed by atoms with van der Waals surface area (Å²) in [4.78, 5) is 55.6. The van der Waals surface area contributed by atoms with Crippen molar-refractivity contribution < 1.29 is 43.2 Å². The molecule has 3 aliphatic rings. The summed E-state index contributed by atoms with van der Waals surface area (Å²) in [5, 5.41) is 12.2. The van der Waals surface area contributed by atoms with Crippen LogP contribution in [0.5, 0.6) is 0 Å². The van der Waals surface area contributed by atoms with E-state index in [9.17, 15) is 24.3 Å². The number of nitrogens with two attached hydrogens (primary N) is 1. The number of carbonyl (C=O) groups is 4. The summed E-state index contributed by atoms with van der Waals surface area (Å²) in [5.74, 6) is -2.48. The van der Waals surface area contributed by atoms with Gasteiger partial charge in [0.05, 0.1) is 29.7 Å². The van der Waals surface area contributed by atoms with Crippen LogP contribution >= 0.6 is 11.6 Å². The van der Waals surface area contributed by atoms with E-state index >= 15 is 0 Å². The molecule has 12 nitrogen and oxygen atoms in total. The number of likely N-dealkylation sites (N-methyl/N-ethyl adjacent to an activating group) is 1. The number of aliphatic hydroxyl groups is 1. The number of methoxy groups -OCH3 is 1. The smallest absolute Gasteiger partial charge is 0.328 e. The molecule has 49 heavy (non-hydrogen) atoms. The van der Waals surface area contributed by atoms with Crippen LogP contribution in [0.15, 0.2) is 35.9 Å². The Morgan fingerprint density at radius 1 is 1.27 bits per heavy atom. The molecule has 0 spiro atoms. The molecular formula is C36H50ClN3O9. The zero-order chi connectivity index (χ0) is 36.4. The minimum absolute atomic E-state index is 0.0575. The van der Waals surface area contributed by atoms with Crippen molar-refractivity contribution in [3.63, 3.8) is 0 Å². The van der Waals surface area contributed by atoms with Gasteiger partial charge in [0.1, 0.15) is 35.6 Å². The second-order valence-corrected chi connectivity index (χ2v) is 14.3. The van der Waals surface area contributed by atoms with Crippen molar-refractivity contribution in [3.05, 3.63) is 52.1 Å². The van der Waals surface area contributed by atoms with Gasteiger partial charge in [-0.2, -0.15) is 0 Å². The van der Waals surface area contributed by atoms with Gasteiger partial charge in [0.2, 0.25) is 11.8 Å². The fourth-order valence-corrected chi connectivity index (χ4v) is 7.04. The van der Waals surface area contributed by atoms with Gasteiger partial charge in [0, 0.05) is 46.5 Å². The van der Waals surface area contributed by atoms with E-state index in [2.05, 4.69) is 0 Å². The Hall–Kier alpha value is -3.29. The molecule has 4 rings (SSSR count). The van der Waals surface area contributed by atoms with Gasteiger partial charge in [-0.15, -0.1) is 0 Å². The molecule has 2 amide bonds. The summed E-state index contributed by atoms with van der Waals surface area (Å²) < 4.78 is 23.7. The maximum atomic E-state index is 14.0. The van der Waals surface area contributed by atoms with E-state index in [0.717, 1.165) is 16.7 Å². The highest BCUT2D eigenvalue weighted by molar-refractivity contribution is 6.34. The van der Waals surface area contributed by atoms with Crippen LogP contribution in [0.4, 0.5) is 5.69 Å². The number of benzene rings is 1. The van der Waals surface area contributed by atoms with Gasteiger partial charge in [-0.25, -0.2) is 4.79 Å². The number of halogens is 1. The Bertz CT molecular complexity index is 1510. The lowest BCUT2D eigenvalue weighted by atomic mass is 9.78. The third-order valence-electron chi connectivity index (χ3n) is 10.1. The SMILES string of the molecule is CO[C@@H]1/C=C/C=C(\C)Cc2cc(C)c(Cl)c(c2)N(C)C(=O)C[C@H](OC(=O)[C@H](C)N(C)C(=O)CCN)[C@]2(C)O[C@H]2[C@H](C)[C@@H]2C[C@@]1(O)CC(=O)O2. The Morgan fingerprint density at radius 3 is 2.61 bits per heavy atom. The monoisotopic (exact) mass is 703 g/mol. The topological polar surface area (TPSA) is 161 Å². The Morgan fingerprint density at radius 2 is 1.96 bits per heavy atom. The molecule has 3 aliphatic heterocycles. The third-order valence-corrected chi connectivity index (χ3v) is 10.6. The van der Waals surface area contributed by atoms with E-state index in [4.69, 9.17) is 36.3 Å². The summed E-state index contributed by atoms with van der Waals surface area (Å²) in [6.45, 7) is 9.06. The largest absolute Gasteiger partial charge is 0.462 e. The highest BCUT2D eigenvalue weighted by Crippen LogP contribution is 2.49. The molecule has 0 saturated carbocycles. The van der Waals surface area contributed by atoms with Crippen molar-refractivity contribution in [2.24, 2.45) is 11.7 Å². The predicted molar refractivity (Wildman–Crippen MR) is 184 cm³/mol. The van der Waals surface area contributed by atoms with Crippen LogP contribution < -0.4 is 10.6 Å². The maximum Gasteiger partial charge on any atom is 0.328 e. The number of fused-ring (bicyclic) bond motifs is 5. The van der Waals surface area contributed by atoms with Crippen molar-refractivity contribution in [2.75, 3.05) is 32.6 Å². The van der Waals surface area contributed by atoms with E-state index in [1.165, 1.54) is 30.9 Å². The lowest BCUT2D eigenvalue weighted by Crippen LogP contribution is -2.53. The quantitative estimate of drug-likeness (QED) is 0.332. The molecule has 1 aromatic rings.